The van der Waals surface area contributed by atoms with Crippen LogP contribution >= 0.6 is 38.5 Å². The maximum Gasteiger partial charge on any atom is 0.308 e. The summed E-state index contributed by atoms with van der Waals surface area (Å²) in [6, 6.07) is 5.29. The zero-order chi connectivity index (χ0) is 14.2. The van der Waals surface area contributed by atoms with Crippen LogP contribution < -0.4 is 0 Å². The summed E-state index contributed by atoms with van der Waals surface area (Å²) < 4.78 is 1.72. The van der Waals surface area contributed by atoms with Gasteiger partial charge in [-0.2, -0.15) is 0 Å². The molecule has 0 aliphatic carbocycles. The predicted octanol–water partition coefficient (Wildman–Crippen LogP) is 2.99. The van der Waals surface area contributed by atoms with Gasteiger partial charge in [0.1, 0.15) is 0 Å². The fraction of sp³-hybridized carbons (Fsp3) is 0.385. The van der Waals surface area contributed by atoms with E-state index in [2.05, 4.69) is 38.5 Å². The number of amides is 1. The lowest BCUT2D eigenvalue weighted by atomic mass is 10.0. The van der Waals surface area contributed by atoms with Gasteiger partial charge in [-0.1, -0.05) is 0 Å². The molecule has 1 amide bonds. The van der Waals surface area contributed by atoms with Crippen LogP contribution in [0.4, 0.5) is 0 Å². The molecule has 1 aromatic rings. The number of carboxylic acids is 1. The largest absolute Gasteiger partial charge is 0.481 e. The molecule has 6 heteroatoms. The first kappa shape index (κ1) is 14.8. The first-order valence-corrected chi connectivity index (χ1v) is 7.78. The molecule has 19 heavy (non-hydrogen) atoms. The number of likely N-dealkylation sites (tertiary alicyclic amines) is 1. The standard InChI is InChI=1S/C13H13BrINO3/c1-7-9(13(18)19)4-5-16(7)12(17)10-6-8(15)2-3-11(10)14/h2-3,6-7,9H,4-5H2,1H3,(H,18,19). The zero-order valence-corrected chi connectivity index (χ0v) is 14.0. The minimum absolute atomic E-state index is 0.110. The third-order valence-electron chi connectivity index (χ3n) is 3.49. The van der Waals surface area contributed by atoms with Crippen molar-refractivity contribution in [1.82, 2.24) is 4.90 Å². The molecule has 1 aliphatic heterocycles. The van der Waals surface area contributed by atoms with Crippen LogP contribution in [-0.4, -0.2) is 34.5 Å². The van der Waals surface area contributed by atoms with E-state index in [9.17, 15) is 9.59 Å². The van der Waals surface area contributed by atoms with Crippen molar-refractivity contribution in [2.45, 2.75) is 19.4 Å². The fourth-order valence-electron chi connectivity index (χ4n) is 2.37. The lowest BCUT2D eigenvalue weighted by molar-refractivity contribution is -0.142. The molecule has 2 atom stereocenters. The fourth-order valence-corrected chi connectivity index (χ4v) is 3.28. The lowest BCUT2D eigenvalue weighted by Gasteiger charge is -2.24. The highest BCUT2D eigenvalue weighted by Gasteiger charge is 2.38. The zero-order valence-electron chi connectivity index (χ0n) is 10.3. The minimum atomic E-state index is -0.829. The number of aliphatic carboxylic acids is 1. The van der Waals surface area contributed by atoms with Crippen LogP contribution in [0.5, 0.6) is 0 Å². The molecular formula is C13H13BrINO3. The van der Waals surface area contributed by atoms with E-state index in [1.165, 1.54) is 0 Å². The maximum atomic E-state index is 12.5. The van der Waals surface area contributed by atoms with Crippen molar-refractivity contribution in [2.75, 3.05) is 6.54 Å². The number of hydrogen-bond acceptors (Lipinski definition) is 2. The first-order chi connectivity index (χ1) is 8.91. The smallest absolute Gasteiger partial charge is 0.308 e. The van der Waals surface area contributed by atoms with E-state index in [1.807, 2.05) is 18.2 Å². The van der Waals surface area contributed by atoms with Gasteiger partial charge in [0.05, 0.1) is 11.5 Å². The number of carbonyl (C=O) groups excluding carboxylic acids is 1. The van der Waals surface area contributed by atoms with E-state index >= 15 is 0 Å². The molecule has 0 saturated carbocycles. The summed E-state index contributed by atoms with van der Waals surface area (Å²) in [6.45, 7) is 2.29. The molecule has 1 aliphatic rings. The number of carbonyl (C=O) groups is 2. The summed E-state index contributed by atoms with van der Waals surface area (Å²) in [5, 5.41) is 9.10. The summed E-state index contributed by atoms with van der Waals surface area (Å²) >= 11 is 5.53. The van der Waals surface area contributed by atoms with Gasteiger partial charge in [0.15, 0.2) is 0 Å². The highest BCUT2D eigenvalue weighted by atomic mass is 127. The number of carboxylic acid groups (broad SMARTS) is 1. The van der Waals surface area contributed by atoms with Crippen LogP contribution in [0, 0.1) is 9.49 Å². The third-order valence-corrected chi connectivity index (χ3v) is 4.85. The Balaban J connectivity index is 2.26. The normalized spacial score (nSPS) is 22.6. The predicted molar refractivity (Wildman–Crippen MR) is 83.1 cm³/mol. The Morgan fingerprint density at radius 2 is 2.16 bits per heavy atom. The van der Waals surface area contributed by atoms with Crippen LogP contribution in [-0.2, 0) is 4.79 Å². The monoisotopic (exact) mass is 437 g/mol. The van der Waals surface area contributed by atoms with E-state index < -0.39 is 11.9 Å². The van der Waals surface area contributed by atoms with Gasteiger partial charge in [0.25, 0.3) is 5.91 Å². The minimum Gasteiger partial charge on any atom is -0.481 e. The summed E-state index contributed by atoms with van der Waals surface area (Å²) in [7, 11) is 0. The molecule has 1 saturated heterocycles. The molecule has 0 bridgehead atoms. The molecule has 0 radical (unpaired) electrons. The second-order valence-corrected chi connectivity index (χ2v) is 6.70. The molecular weight excluding hydrogens is 425 g/mol. The summed E-state index contributed by atoms with van der Waals surface area (Å²) in [4.78, 5) is 25.2. The SMILES string of the molecule is CC1C(C(=O)O)CCN1C(=O)c1cc(I)ccc1Br. The number of nitrogens with zero attached hydrogens (tertiary/aromatic N) is 1. The van der Waals surface area contributed by atoms with Crippen LogP contribution in [0.15, 0.2) is 22.7 Å². The van der Waals surface area contributed by atoms with Gasteiger partial charge < -0.3 is 10.0 Å². The summed E-state index contributed by atoms with van der Waals surface area (Å²) in [6.07, 6.45) is 0.518. The summed E-state index contributed by atoms with van der Waals surface area (Å²) in [5.41, 5.74) is 0.588. The Hall–Kier alpha value is -0.630. The molecule has 2 unspecified atom stereocenters. The van der Waals surface area contributed by atoms with Crippen molar-refractivity contribution >= 4 is 50.4 Å². The Morgan fingerprint density at radius 3 is 2.74 bits per heavy atom. The van der Waals surface area contributed by atoms with Crippen LogP contribution in [0.2, 0.25) is 0 Å². The van der Waals surface area contributed by atoms with E-state index in [4.69, 9.17) is 5.11 Å². The summed E-state index contributed by atoms with van der Waals surface area (Å²) in [5.74, 6) is -1.41. The van der Waals surface area contributed by atoms with Crippen molar-refractivity contribution in [3.63, 3.8) is 0 Å². The molecule has 2 rings (SSSR count). The van der Waals surface area contributed by atoms with Gasteiger partial charge in [0, 0.05) is 20.6 Å². The van der Waals surface area contributed by atoms with E-state index in [0.717, 1.165) is 8.04 Å². The highest BCUT2D eigenvalue weighted by molar-refractivity contribution is 14.1. The van der Waals surface area contributed by atoms with Crippen molar-refractivity contribution in [2.24, 2.45) is 5.92 Å². The molecule has 1 fully saturated rings. The molecule has 1 heterocycles. The number of rotatable bonds is 2. The molecule has 102 valence electrons. The second kappa shape index (κ2) is 5.78. The molecule has 0 spiro atoms. The third kappa shape index (κ3) is 2.94. The van der Waals surface area contributed by atoms with E-state index in [-0.39, 0.29) is 11.9 Å². The van der Waals surface area contributed by atoms with Crippen molar-refractivity contribution in [1.29, 1.82) is 0 Å². The van der Waals surface area contributed by atoms with Crippen molar-refractivity contribution in [3.05, 3.63) is 31.8 Å². The van der Waals surface area contributed by atoms with Gasteiger partial charge in [-0.25, -0.2) is 0 Å². The Morgan fingerprint density at radius 1 is 1.47 bits per heavy atom. The van der Waals surface area contributed by atoms with E-state index in [0.29, 0.717) is 18.5 Å². The average Bonchev–Trinajstić information content (AvgIpc) is 2.73. The number of halogens is 2. The van der Waals surface area contributed by atoms with E-state index in [1.54, 1.807) is 11.8 Å². The second-order valence-electron chi connectivity index (χ2n) is 4.60. The quantitative estimate of drug-likeness (QED) is 0.723. The molecule has 1 N–H and O–H groups in total. The Bertz CT molecular complexity index is 535. The lowest BCUT2D eigenvalue weighted by Crippen LogP contribution is -2.37. The molecule has 1 aromatic carbocycles. The van der Waals surface area contributed by atoms with Gasteiger partial charge in [-0.3, -0.25) is 9.59 Å². The maximum absolute atomic E-state index is 12.5. The van der Waals surface area contributed by atoms with Gasteiger partial charge in [-0.05, 0) is 70.1 Å². The Labute approximate surface area is 133 Å². The molecule has 0 aromatic heterocycles. The first-order valence-electron chi connectivity index (χ1n) is 5.90. The van der Waals surface area contributed by atoms with Gasteiger partial charge >= 0.3 is 5.97 Å². The van der Waals surface area contributed by atoms with Crippen molar-refractivity contribution in [3.8, 4) is 0 Å². The van der Waals surface area contributed by atoms with Gasteiger partial charge in [-0.15, -0.1) is 0 Å². The van der Waals surface area contributed by atoms with Crippen molar-refractivity contribution < 1.29 is 14.7 Å². The molecule has 4 nitrogen and oxygen atoms in total. The van der Waals surface area contributed by atoms with Gasteiger partial charge in [0.2, 0.25) is 0 Å². The van der Waals surface area contributed by atoms with Crippen LogP contribution in [0.3, 0.4) is 0 Å². The highest BCUT2D eigenvalue weighted by Crippen LogP contribution is 2.28. The number of benzene rings is 1. The number of hydrogen-bond donors (Lipinski definition) is 1. The average molecular weight is 438 g/mol. The Kier molecular flexibility index (Phi) is 4.50. The van der Waals surface area contributed by atoms with Crippen LogP contribution in [0.25, 0.3) is 0 Å². The topological polar surface area (TPSA) is 57.6 Å². The van der Waals surface area contributed by atoms with Crippen LogP contribution in [0.1, 0.15) is 23.7 Å².